The summed E-state index contributed by atoms with van der Waals surface area (Å²) in [6.07, 6.45) is 1.72. The summed E-state index contributed by atoms with van der Waals surface area (Å²) in [5.74, 6) is 1.11. The van der Waals surface area contributed by atoms with Crippen molar-refractivity contribution in [2.75, 3.05) is 45.9 Å². The van der Waals surface area contributed by atoms with Gasteiger partial charge in [-0.15, -0.1) is 0 Å². The summed E-state index contributed by atoms with van der Waals surface area (Å²) < 4.78 is 4.83. The van der Waals surface area contributed by atoms with Crippen molar-refractivity contribution in [2.24, 2.45) is 0 Å². The Balaban J connectivity index is 3.33. The van der Waals surface area contributed by atoms with E-state index in [0.29, 0.717) is 13.2 Å². The Bertz CT molecular complexity index is 103. The van der Waals surface area contributed by atoms with Crippen LogP contribution in [-0.2, 0) is 4.74 Å². The Morgan fingerprint density at radius 1 is 1.58 bits per heavy atom. The normalized spacial score (nSPS) is 13.8. The Labute approximate surface area is 79.1 Å². The zero-order valence-electron chi connectivity index (χ0n) is 8.12. The third kappa shape index (κ3) is 6.91. The second kappa shape index (κ2) is 7.86. The highest BCUT2D eigenvalue weighted by Crippen LogP contribution is 1.95. The molecule has 0 aromatic carbocycles. The van der Waals surface area contributed by atoms with Gasteiger partial charge in [-0.25, -0.2) is 0 Å². The summed E-state index contributed by atoms with van der Waals surface area (Å²) in [7, 11) is 3.61. The maximum Gasteiger partial charge on any atom is 0.0899 e. The molecule has 0 aromatic rings. The van der Waals surface area contributed by atoms with Gasteiger partial charge in [0.2, 0.25) is 0 Å². The number of aliphatic hydroxyl groups is 1. The zero-order valence-corrected chi connectivity index (χ0v) is 8.93. The van der Waals surface area contributed by atoms with Crippen LogP contribution in [0.15, 0.2) is 0 Å². The van der Waals surface area contributed by atoms with E-state index in [1.165, 1.54) is 0 Å². The molecule has 3 nitrogen and oxygen atoms in total. The highest BCUT2D eigenvalue weighted by atomic mass is 32.2. The van der Waals surface area contributed by atoms with Gasteiger partial charge >= 0.3 is 0 Å². The summed E-state index contributed by atoms with van der Waals surface area (Å²) >= 11 is 1.82. The molecule has 0 aliphatic rings. The van der Waals surface area contributed by atoms with Gasteiger partial charge in [0, 0.05) is 26.0 Å². The van der Waals surface area contributed by atoms with E-state index in [1.54, 1.807) is 7.11 Å². The summed E-state index contributed by atoms with van der Waals surface area (Å²) in [5.41, 5.74) is 0. The maximum atomic E-state index is 9.35. The van der Waals surface area contributed by atoms with Gasteiger partial charge < -0.3 is 14.7 Å². The van der Waals surface area contributed by atoms with E-state index >= 15 is 0 Å². The summed E-state index contributed by atoms with van der Waals surface area (Å²) in [6, 6.07) is 0. The lowest BCUT2D eigenvalue weighted by Crippen LogP contribution is -2.33. The summed E-state index contributed by atoms with van der Waals surface area (Å²) in [6.45, 7) is 2.12. The number of thioether (sulfide) groups is 1. The number of hydrogen-bond donors (Lipinski definition) is 1. The molecular formula is C8H19NO2S. The van der Waals surface area contributed by atoms with Crippen LogP contribution in [0.4, 0.5) is 0 Å². The minimum Gasteiger partial charge on any atom is -0.389 e. The molecule has 0 bridgehead atoms. The Hall–Kier alpha value is 0.230. The molecule has 0 aliphatic heterocycles. The van der Waals surface area contributed by atoms with E-state index in [2.05, 4.69) is 11.2 Å². The first-order valence-corrected chi connectivity index (χ1v) is 5.44. The Kier molecular flexibility index (Phi) is 8.01. The highest BCUT2D eigenvalue weighted by Gasteiger charge is 2.06. The summed E-state index contributed by atoms with van der Waals surface area (Å²) in [5, 5.41) is 9.35. The topological polar surface area (TPSA) is 32.7 Å². The zero-order chi connectivity index (χ0) is 9.40. The van der Waals surface area contributed by atoms with Gasteiger partial charge in [0.25, 0.3) is 0 Å². The second-order valence-corrected chi connectivity index (χ2v) is 3.85. The van der Waals surface area contributed by atoms with Gasteiger partial charge in [0.05, 0.1) is 12.7 Å². The standard InChI is InChI=1S/C8H19NO2S/c1-9(4-5-12-3)6-8(10)7-11-2/h8,10H,4-7H2,1-3H3. The molecule has 74 valence electrons. The van der Waals surface area contributed by atoms with Crippen LogP contribution >= 0.6 is 11.8 Å². The average molecular weight is 193 g/mol. The van der Waals surface area contributed by atoms with Crippen molar-refractivity contribution in [3.05, 3.63) is 0 Å². The third-order valence-corrected chi connectivity index (χ3v) is 2.15. The second-order valence-electron chi connectivity index (χ2n) is 2.86. The molecule has 0 amide bonds. The minimum absolute atomic E-state index is 0.359. The first kappa shape index (κ1) is 12.2. The van der Waals surface area contributed by atoms with E-state index < -0.39 is 0 Å². The molecule has 1 N–H and O–H groups in total. The van der Waals surface area contributed by atoms with Crippen molar-refractivity contribution in [1.29, 1.82) is 0 Å². The predicted octanol–water partition coefficient (Wildman–Crippen LogP) is 0.289. The monoisotopic (exact) mass is 193 g/mol. The number of rotatable bonds is 7. The SMILES string of the molecule is COCC(O)CN(C)CCSC. The van der Waals surface area contributed by atoms with Crippen molar-refractivity contribution in [3.8, 4) is 0 Å². The van der Waals surface area contributed by atoms with Crippen molar-refractivity contribution in [1.82, 2.24) is 4.90 Å². The van der Waals surface area contributed by atoms with Gasteiger partial charge in [0.15, 0.2) is 0 Å². The van der Waals surface area contributed by atoms with Crippen molar-refractivity contribution in [2.45, 2.75) is 6.10 Å². The smallest absolute Gasteiger partial charge is 0.0899 e. The molecule has 4 heteroatoms. The highest BCUT2D eigenvalue weighted by molar-refractivity contribution is 7.98. The largest absolute Gasteiger partial charge is 0.389 e. The molecule has 12 heavy (non-hydrogen) atoms. The number of hydrogen-bond acceptors (Lipinski definition) is 4. The van der Waals surface area contributed by atoms with Crippen LogP contribution in [0.3, 0.4) is 0 Å². The van der Waals surface area contributed by atoms with Crippen LogP contribution in [-0.4, -0.2) is 62.0 Å². The van der Waals surface area contributed by atoms with Crippen LogP contribution in [0.1, 0.15) is 0 Å². The van der Waals surface area contributed by atoms with Gasteiger partial charge in [-0.05, 0) is 13.3 Å². The average Bonchev–Trinajstić information content (AvgIpc) is 2.01. The molecule has 1 atom stereocenters. The molecule has 0 saturated carbocycles. The molecular weight excluding hydrogens is 174 g/mol. The first-order valence-electron chi connectivity index (χ1n) is 4.05. The fourth-order valence-electron chi connectivity index (χ4n) is 0.943. The fourth-order valence-corrected chi connectivity index (χ4v) is 1.44. The van der Waals surface area contributed by atoms with E-state index in [4.69, 9.17) is 4.74 Å². The van der Waals surface area contributed by atoms with Crippen LogP contribution in [0.5, 0.6) is 0 Å². The predicted molar refractivity (Wildman–Crippen MR) is 53.8 cm³/mol. The van der Waals surface area contributed by atoms with Crippen molar-refractivity contribution < 1.29 is 9.84 Å². The Morgan fingerprint density at radius 3 is 2.75 bits per heavy atom. The van der Waals surface area contributed by atoms with Crippen LogP contribution in [0.2, 0.25) is 0 Å². The van der Waals surface area contributed by atoms with Crippen molar-refractivity contribution >= 4 is 11.8 Å². The van der Waals surface area contributed by atoms with Gasteiger partial charge in [-0.2, -0.15) is 11.8 Å². The fraction of sp³-hybridized carbons (Fsp3) is 1.00. The van der Waals surface area contributed by atoms with E-state index in [9.17, 15) is 5.11 Å². The van der Waals surface area contributed by atoms with Crippen LogP contribution < -0.4 is 0 Å². The lowest BCUT2D eigenvalue weighted by Gasteiger charge is -2.19. The molecule has 1 unspecified atom stereocenters. The molecule has 0 aromatic heterocycles. The molecule has 0 fully saturated rings. The van der Waals surface area contributed by atoms with E-state index in [1.807, 2.05) is 18.8 Å². The number of methoxy groups -OCH3 is 1. The number of likely N-dealkylation sites (N-methyl/N-ethyl adjacent to an activating group) is 1. The van der Waals surface area contributed by atoms with Crippen molar-refractivity contribution in [3.63, 3.8) is 0 Å². The third-order valence-electron chi connectivity index (χ3n) is 1.56. The Morgan fingerprint density at radius 2 is 2.25 bits per heavy atom. The number of ether oxygens (including phenoxy) is 1. The van der Waals surface area contributed by atoms with Crippen LogP contribution in [0.25, 0.3) is 0 Å². The van der Waals surface area contributed by atoms with Gasteiger partial charge in [-0.1, -0.05) is 0 Å². The minimum atomic E-state index is -0.359. The van der Waals surface area contributed by atoms with Crippen LogP contribution in [0, 0.1) is 0 Å². The quantitative estimate of drug-likeness (QED) is 0.630. The molecule has 0 aliphatic carbocycles. The molecule has 0 heterocycles. The summed E-state index contributed by atoms with van der Waals surface area (Å²) in [4.78, 5) is 2.11. The van der Waals surface area contributed by atoms with Gasteiger partial charge in [-0.3, -0.25) is 0 Å². The molecule has 0 spiro atoms. The van der Waals surface area contributed by atoms with E-state index in [0.717, 1.165) is 12.3 Å². The number of aliphatic hydroxyl groups excluding tert-OH is 1. The van der Waals surface area contributed by atoms with Gasteiger partial charge in [0.1, 0.15) is 0 Å². The first-order chi connectivity index (χ1) is 5.70. The molecule has 0 radical (unpaired) electrons. The molecule has 0 saturated heterocycles. The van der Waals surface area contributed by atoms with E-state index in [-0.39, 0.29) is 6.10 Å². The lowest BCUT2D eigenvalue weighted by molar-refractivity contribution is 0.0445. The lowest BCUT2D eigenvalue weighted by atomic mass is 10.3. The molecule has 0 rings (SSSR count). The number of nitrogens with zero attached hydrogens (tertiary/aromatic N) is 1. The maximum absolute atomic E-state index is 9.35.